The highest BCUT2D eigenvalue weighted by atomic mass is 32.2. The van der Waals surface area contributed by atoms with Gasteiger partial charge in [-0.1, -0.05) is 25.2 Å². The third-order valence-electron chi connectivity index (χ3n) is 2.59. The van der Waals surface area contributed by atoms with Crippen molar-refractivity contribution in [1.29, 1.82) is 0 Å². The van der Waals surface area contributed by atoms with Crippen LogP contribution >= 0.6 is 11.3 Å². The molecule has 0 aliphatic rings. The minimum absolute atomic E-state index is 0.164. The molecule has 0 unspecified atom stereocenters. The van der Waals surface area contributed by atoms with Gasteiger partial charge in [-0.3, -0.25) is 9.00 Å². The van der Waals surface area contributed by atoms with Crippen LogP contribution in [0.3, 0.4) is 0 Å². The third-order valence-corrected chi connectivity index (χ3v) is 4.76. The van der Waals surface area contributed by atoms with E-state index in [0.717, 1.165) is 12.1 Å². The van der Waals surface area contributed by atoms with Crippen molar-refractivity contribution < 1.29 is 4.21 Å². The average Bonchev–Trinajstić information content (AvgIpc) is 2.81. The van der Waals surface area contributed by atoms with E-state index in [0.29, 0.717) is 28.1 Å². The predicted molar refractivity (Wildman–Crippen MR) is 78.6 cm³/mol. The minimum atomic E-state index is -0.798. The van der Waals surface area contributed by atoms with Gasteiger partial charge in [0.2, 0.25) is 10.1 Å². The molecule has 0 aliphatic carbocycles. The molecule has 0 amide bonds. The maximum absolute atomic E-state index is 11.8. The van der Waals surface area contributed by atoms with Crippen molar-refractivity contribution in [2.24, 2.45) is 0 Å². The Morgan fingerprint density at radius 1 is 1.47 bits per heavy atom. The number of aryl methyl sites for hydroxylation is 1. The summed E-state index contributed by atoms with van der Waals surface area (Å²) in [5, 5.41) is 7.87. The van der Waals surface area contributed by atoms with E-state index in [1.165, 1.54) is 21.9 Å². The molecule has 0 saturated carbocycles. The van der Waals surface area contributed by atoms with E-state index in [2.05, 4.69) is 15.4 Å². The molecular formula is C11H16N4O2S2. The fraction of sp³-hybridized carbons (Fsp3) is 0.545. The van der Waals surface area contributed by atoms with Crippen LogP contribution in [0, 0.1) is 0 Å². The van der Waals surface area contributed by atoms with Crippen LogP contribution in [0.1, 0.15) is 19.5 Å². The number of anilines is 1. The SMILES string of the molecule is CCc1cc(=O)n2nc(NCC[S@@](=O)CC)sc2n1. The van der Waals surface area contributed by atoms with Gasteiger partial charge >= 0.3 is 0 Å². The second-order valence-corrected chi connectivity index (χ2v) is 6.72. The van der Waals surface area contributed by atoms with Gasteiger partial charge < -0.3 is 5.32 Å². The Bertz CT molecular complexity index is 650. The molecule has 6 nitrogen and oxygen atoms in total. The molecule has 104 valence electrons. The van der Waals surface area contributed by atoms with Crippen molar-refractivity contribution in [1.82, 2.24) is 14.6 Å². The Balaban J connectivity index is 2.15. The van der Waals surface area contributed by atoms with E-state index in [1.54, 1.807) is 0 Å². The second kappa shape index (κ2) is 6.25. The number of hydrogen-bond donors (Lipinski definition) is 1. The summed E-state index contributed by atoms with van der Waals surface area (Å²) in [4.78, 5) is 16.7. The minimum Gasteiger partial charge on any atom is -0.359 e. The molecule has 0 aromatic carbocycles. The molecular weight excluding hydrogens is 284 g/mol. The first-order valence-electron chi connectivity index (χ1n) is 6.12. The van der Waals surface area contributed by atoms with E-state index in [9.17, 15) is 9.00 Å². The number of aromatic nitrogens is 3. The maximum Gasteiger partial charge on any atom is 0.275 e. The topological polar surface area (TPSA) is 76.4 Å². The van der Waals surface area contributed by atoms with Crippen molar-refractivity contribution in [3.05, 3.63) is 22.1 Å². The van der Waals surface area contributed by atoms with Crippen LogP contribution in [0.2, 0.25) is 0 Å². The molecule has 2 rings (SSSR count). The lowest BCUT2D eigenvalue weighted by Gasteiger charge is -1.99. The molecule has 8 heteroatoms. The molecule has 1 N–H and O–H groups in total. The third kappa shape index (κ3) is 3.38. The molecule has 2 heterocycles. The largest absolute Gasteiger partial charge is 0.359 e. The molecule has 0 fully saturated rings. The first-order valence-corrected chi connectivity index (χ1v) is 8.43. The highest BCUT2D eigenvalue weighted by Gasteiger charge is 2.08. The molecule has 19 heavy (non-hydrogen) atoms. The maximum atomic E-state index is 11.8. The molecule has 0 aliphatic heterocycles. The Hall–Kier alpha value is -1.28. The van der Waals surface area contributed by atoms with Crippen molar-refractivity contribution in [2.75, 3.05) is 23.4 Å². The summed E-state index contributed by atoms with van der Waals surface area (Å²) in [7, 11) is -0.798. The van der Waals surface area contributed by atoms with Crippen LogP contribution in [0.4, 0.5) is 5.13 Å². The summed E-state index contributed by atoms with van der Waals surface area (Å²) in [6.45, 7) is 4.43. The van der Waals surface area contributed by atoms with Crippen LogP contribution in [0.5, 0.6) is 0 Å². The van der Waals surface area contributed by atoms with E-state index < -0.39 is 10.8 Å². The zero-order valence-corrected chi connectivity index (χ0v) is 12.5. The van der Waals surface area contributed by atoms with Gasteiger partial charge in [0, 0.05) is 40.6 Å². The lowest BCUT2D eigenvalue weighted by atomic mass is 10.3. The molecule has 2 aromatic heterocycles. The quantitative estimate of drug-likeness (QED) is 0.857. The van der Waals surface area contributed by atoms with E-state index >= 15 is 0 Å². The zero-order chi connectivity index (χ0) is 13.8. The number of fused-ring (bicyclic) bond motifs is 1. The Labute approximate surface area is 117 Å². The summed E-state index contributed by atoms with van der Waals surface area (Å²) in [6.07, 6.45) is 0.724. The van der Waals surface area contributed by atoms with E-state index in [1.807, 2.05) is 13.8 Å². The molecule has 0 bridgehead atoms. The van der Waals surface area contributed by atoms with Gasteiger partial charge in [0.05, 0.1) is 0 Å². The molecule has 0 radical (unpaired) electrons. The van der Waals surface area contributed by atoms with Crippen molar-refractivity contribution in [2.45, 2.75) is 20.3 Å². The van der Waals surface area contributed by atoms with Crippen LogP contribution in [-0.2, 0) is 17.2 Å². The second-order valence-electron chi connectivity index (χ2n) is 3.90. The predicted octanol–water partition coefficient (Wildman–Crippen LogP) is 0.894. The Morgan fingerprint density at radius 2 is 2.26 bits per heavy atom. The summed E-state index contributed by atoms with van der Waals surface area (Å²) in [5.74, 6) is 1.23. The van der Waals surface area contributed by atoms with Gasteiger partial charge in [0.1, 0.15) is 0 Å². The molecule has 0 saturated heterocycles. The summed E-state index contributed by atoms with van der Waals surface area (Å²) in [6, 6.07) is 1.50. The first-order chi connectivity index (χ1) is 9.13. The fourth-order valence-electron chi connectivity index (χ4n) is 1.52. The van der Waals surface area contributed by atoms with Gasteiger partial charge in [0.15, 0.2) is 0 Å². The summed E-state index contributed by atoms with van der Waals surface area (Å²) >= 11 is 1.33. The Morgan fingerprint density at radius 3 is 2.95 bits per heavy atom. The zero-order valence-electron chi connectivity index (χ0n) is 10.9. The lowest BCUT2D eigenvalue weighted by molar-refractivity contribution is 0.684. The molecule has 0 spiro atoms. The number of hydrogen-bond acceptors (Lipinski definition) is 6. The van der Waals surface area contributed by atoms with E-state index in [4.69, 9.17) is 0 Å². The van der Waals surface area contributed by atoms with Gasteiger partial charge in [-0.15, -0.1) is 5.10 Å². The van der Waals surface area contributed by atoms with Crippen LogP contribution in [0.15, 0.2) is 10.9 Å². The lowest BCUT2D eigenvalue weighted by Crippen LogP contribution is -2.16. The summed E-state index contributed by atoms with van der Waals surface area (Å²) in [5.41, 5.74) is 0.607. The van der Waals surface area contributed by atoms with Crippen molar-refractivity contribution in [3.63, 3.8) is 0 Å². The average molecular weight is 300 g/mol. The van der Waals surface area contributed by atoms with Crippen LogP contribution in [-0.4, -0.2) is 36.9 Å². The smallest absolute Gasteiger partial charge is 0.275 e. The first kappa shape index (κ1) is 14.1. The fourth-order valence-corrected chi connectivity index (χ4v) is 2.99. The van der Waals surface area contributed by atoms with Crippen molar-refractivity contribution in [3.8, 4) is 0 Å². The standard InChI is InChI=1S/C11H16N4O2S2/c1-3-8-7-9(16)15-11(13-8)18-10(14-15)12-5-6-19(17)4-2/h7H,3-6H2,1-2H3,(H,12,14)/t19-/m0/s1. The highest BCUT2D eigenvalue weighted by Crippen LogP contribution is 2.16. The van der Waals surface area contributed by atoms with Crippen LogP contribution in [0.25, 0.3) is 4.96 Å². The number of nitrogens with one attached hydrogen (secondary N) is 1. The van der Waals surface area contributed by atoms with Gasteiger partial charge in [-0.05, 0) is 6.42 Å². The Kier molecular flexibility index (Phi) is 4.65. The van der Waals surface area contributed by atoms with Gasteiger partial charge in [-0.2, -0.15) is 4.52 Å². The van der Waals surface area contributed by atoms with E-state index in [-0.39, 0.29) is 5.56 Å². The van der Waals surface area contributed by atoms with Crippen molar-refractivity contribution >= 4 is 32.2 Å². The van der Waals surface area contributed by atoms with Crippen LogP contribution < -0.4 is 10.9 Å². The number of rotatable bonds is 6. The summed E-state index contributed by atoms with van der Waals surface area (Å²) < 4.78 is 12.6. The monoisotopic (exact) mass is 300 g/mol. The van der Waals surface area contributed by atoms with Gasteiger partial charge in [-0.25, -0.2) is 4.98 Å². The highest BCUT2D eigenvalue weighted by molar-refractivity contribution is 7.84. The van der Waals surface area contributed by atoms with Gasteiger partial charge in [0.25, 0.3) is 5.56 Å². The number of nitrogens with zero attached hydrogens (tertiary/aromatic N) is 3. The molecule has 1 atom stereocenters. The normalized spacial score (nSPS) is 12.7. The molecule has 2 aromatic rings.